The molecule has 5 heteroatoms. The lowest BCUT2D eigenvalue weighted by Gasteiger charge is -2.01. The maximum atomic E-state index is 8.81. The van der Waals surface area contributed by atoms with Crippen LogP contribution in [-0.2, 0) is 19.1 Å². The van der Waals surface area contributed by atoms with E-state index in [1.54, 1.807) is 0 Å². The monoisotopic (exact) mass is 150 g/mol. The summed E-state index contributed by atoms with van der Waals surface area (Å²) >= 11 is 0. The number of ether oxygens (including phenoxy) is 2. The summed E-state index contributed by atoms with van der Waals surface area (Å²) < 4.78 is 8.47. The molecule has 0 saturated carbocycles. The van der Waals surface area contributed by atoms with Crippen LogP contribution >= 0.6 is 0 Å². The largest absolute Gasteiger partial charge is 0.346 e. The van der Waals surface area contributed by atoms with Gasteiger partial charge < -0.3 is 14.6 Å². The molecule has 0 aliphatic carbocycles. The average Bonchev–Trinajstić information content (AvgIpc) is 2.03. The van der Waals surface area contributed by atoms with E-state index in [9.17, 15) is 0 Å². The molecule has 0 bridgehead atoms. The zero-order valence-electron chi connectivity index (χ0n) is 5.81. The molecule has 0 spiro atoms. The Morgan fingerprint density at radius 3 is 1.50 bits per heavy atom. The highest BCUT2D eigenvalue weighted by atomic mass is 16.8. The van der Waals surface area contributed by atoms with Crippen molar-refractivity contribution in [1.82, 2.24) is 0 Å². The number of methoxy groups -OCH3 is 2. The van der Waals surface area contributed by atoms with E-state index in [0.717, 1.165) is 0 Å². The Bertz CT molecular complexity index is 72.1. The molecule has 0 fully saturated rings. The van der Waals surface area contributed by atoms with E-state index in [-0.39, 0.29) is 12.6 Å². The zero-order chi connectivity index (χ0) is 8.41. The summed E-state index contributed by atoms with van der Waals surface area (Å²) in [6.07, 6.45) is 0.389. The van der Waals surface area contributed by atoms with E-state index >= 15 is 0 Å². The Morgan fingerprint density at radius 1 is 1.20 bits per heavy atom. The Kier molecular flexibility index (Phi) is 13.2. The van der Waals surface area contributed by atoms with Gasteiger partial charge in [0.25, 0.3) is 6.48 Å². The Hall–Kier alpha value is -0.780. The predicted octanol–water partition coefficient (Wildman–Crippen LogP) is -1.06. The van der Waals surface area contributed by atoms with Crippen LogP contribution in [0.3, 0.4) is 0 Å². The molecule has 60 valence electrons. The van der Waals surface area contributed by atoms with Gasteiger partial charge in [-0.3, -0.25) is 9.59 Å². The minimum atomic E-state index is -1.06. The van der Waals surface area contributed by atoms with Gasteiger partial charge in [-0.15, -0.1) is 0 Å². The molecule has 0 aromatic rings. The van der Waals surface area contributed by atoms with Crippen molar-refractivity contribution in [2.75, 3.05) is 14.2 Å². The molecule has 0 aromatic carbocycles. The minimum Gasteiger partial charge on any atom is -0.346 e. The highest BCUT2D eigenvalue weighted by Crippen LogP contribution is 1.78. The second-order valence-electron chi connectivity index (χ2n) is 1.05. The minimum absolute atomic E-state index is 0.194. The summed E-state index contributed by atoms with van der Waals surface area (Å²) in [7, 11) is 2.71. The van der Waals surface area contributed by atoms with Gasteiger partial charge in [0.1, 0.15) is 0 Å². The SMILES string of the molecule is COC(O)OC.O=CC=O. The summed E-state index contributed by atoms with van der Waals surface area (Å²) in [6, 6.07) is 0. The highest BCUT2D eigenvalue weighted by Gasteiger charge is 1.90. The van der Waals surface area contributed by atoms with Crippen LogP contribution in [0.4, 0.5) is 0 Å². The third-order valence-corrected chi connectivity index (χ3v) is 0.459. The van der Waals surface area contributed by atoms with Gasteiger partial charge in [0.2, 0.25) is 0 Å². The Balaban J connectivity index is 0. The van der Waals surface area contributed by atoms with Crippen molar-refractivity contribution < 1.29 is 24.2 Å². The van der Waals surface area contributed by atoms with Crippen molar-refractivity contribution in [2.24, 2.45) is 0 Å². The lowest BCUT2D eigenvalue weighted by Crippen LogP contribution is -2.09. The van der Waals surface area contributed by atoms with Crippen LogP contribution in [0, 0.1) is 0 Å². The van der Waals surface area contributed by atoms with E-state index in [1.807, 2.05) is 0 Å². The first-order valence-electron chi connectivity index (χ1n) is 2.35. The van der Waals surface area contributed by atoms with Gasteiger partial charge >= 0.3 is 0 Å². The molecular formula is C5H10O5. The first-order chi connectivity index (χ1) is 4.72. The molecule has 10 heavy (non-hydrogen) atoms. The summed E-state index contributed by atoms with van der Waals surface area (Å²) in [5, 5.41) is 8.22. The van der Waals surface area contributed by atoms with E-state index in [0.29, 0.717) is 0 Å². The maximum Gasteiger partial charge on any atom is 0.268 e. The zero-order valence-corrected chi connectivity index (χ0v) is 5.81. The third-order valence-electron chi connectivity index (χ3n) is 0.459. The number of hydrogen-bond donors (Lipinski definition) is 1. The fourth-order valence-corrected chi connectivity index (χ4v) is 0.0962. The van der Waals surface area contributed by atoms with Crippen LogP contribution in [0.25, 0.3) is 0 Å². The standard InChI is InChI=1S/C3H8O3.C2H2O2/c1-5-3(4)6-2;3-1-2-4/h3-4H,1-2H3;1-2H. The number of carbonyl (C=O) groups excluding carboxylic acids is 2. The number of aliphatic hydroxyl groups is 1. The van der Waals surface area contributed by atoms with Gasteiger partial charge in [-0.25, -0.2) is 0 Å². The maximum absolute atomic E-state index is 8.81. The van der Waals surface area contributed by atoms with Crippen molar-refractivity contribution >= 4 is 12.6 Å². The second-order valence-corrected chi connectivity index (χ2v) is 1.05. The fraction of sp³-hybridized carbons (Fsp3) is 0.600. The smallest absolute Gasteiger partial charge is 0.268 e. The number of rotatable bonds is 3. The van der Waals surface area contributed by atoms with Gasteiger partial charge in [-0.2, -0.15) is 0 Å². The van der Waals surface area contributed by atoms with Crippen molar-refractivity contribution in [3.05, 3.63) is 0 Å². The van der Waals surface area contributed by atoms with Crippen LogP contribution in [0.15, 0.2) is 0 Å². The summed E-state index contributed by atoms with van der Waals surface area (Å²) in [4.78, 5) is 17.6. The predicted molar refractivity (Wildman–Crippen MR) is 32.2 cm³/mol. The summed E-state index contributed by atoms with van der Waals surface area (Å²) in [5.74, 6) is 0. The van der Waals surface area contributed by atoms with E-state index in [4.69, 9.17) is 14.7 Å². The number of aliphatic hydroxyl groups excluding tert-OH is 1. The second kappa shape index (κ2) is 11.1. The fourth-order valence-electron chi connectivity index (χ4n) is 0.0962. The number of hydrogen-bond acceptors (Lipinski definition) is 5. The molecule has 0 rings (SSSR count). The van der Waals surface area contributed by atoms with Crippen LogP contribution in [0.5, 0.6) is 0 Å². The Labute approximate surface area is 58.5 Å². The summed E-state index contributed by atoms with van der Waals surface area (Å²) in [6.45, 7) is -1.06. The molecule has 1 N–H and O–H groups in total. The molecule has 0 amide bonds. The van der Waals surface area contributed by atoms with Gasteiger partial charge in [-0.05, 0) is 0 Å². The lowest BCUT2D eigenvalue weighted by molar-refractivity contribution is -0.236. The third kappa shape index (κ3) is 15.7. The topological polar surface area (TPSA) is 72.8 Å². The molecule has 5 nitrogen and oxygen atoms in total. The van der Waals surface area contributed by atoms with Crippen LogP contribution in [0.1, 0.15) is 0 Å². The first kappa shape index (κ1) is 12.0. The molecule has 0 aromatic heterocycles. The molecular weight excluding hydrogens is 140 g/mol. The Morgan fingerprint density at radius 2 is 1.50 bits per heavy atom. The van der Waals surface area contributed by atoms with E-state index in [1.165, 1.54) is 14.2 Å². The van der Waals surface area contributed by atoms with Crippen molar-refractivity contribution in [2.45, 2.75) is 6.48 Å². The highest BCUT2D eigenvalue weighted by molar-refractivity contribution is 6.09. The number of aldehydes is 2. The lowest BCUT2D eigenvalue weighted by atomic mass is 10.9. The van der Waals surface area contributed by atoms with Crippen LogP contribution in [-0.4, -0.2) is 38.4 Å². The molecule has 0 aliphatic rings. The van der Waals surface area contributed by atoms with E-state index < -0.39 is 6.48 Å². The van der Waals surface area contributed by atoms with Crippen molar-refractivity contribution in [3.63, 3.8) is 0 Å². The molecule has 0 aliphatic heterocycles. The number of carbonyl (C=O) groups is 2. The van der Waals surface area contributed by atoms with Crippen molar-refractivity contribution in [1.29, 1.82) is 0 Å². The van der Waals surface area contributed by atoms with Crippen LogP contribution < -0.4 is 0 Å². The first-order valence-corrected chi connectivity index (χ1v) is 2.35. The molecule has 0 unspecified atom stereocenters. The molecule has 0 saturated heterocycles. The van der Waals surface area contributed by atoms with E-state index in [2.05, 4.69) is 9.47 Å². The van der Waals surface area contributed by atoms with Crippen molar-refractivity contribution in [3.8, 4) is 0 Å². The quantitative estimate of drug-likeness (QED) is 0.315. The molecule has 0 heterocycles. The molecule has 0 atom stereocenters. The van der Waals surface area contributed by atoms with Gasteiger partial charge in [0.05, 0.1) is 0 Å². The van der Waals surface area contributed by atoms with Gasteiger partial charge in [0.15, 0.2) is 12.6 Å². The van der Waals surface area contributed by atoms with Crippen LogP contribution in [0.2, 0.25) is 0 Å². The summed E-state index contributed by atoms with van der Waals surface area (Å²) in [5.41, 5.74) is 0. The molecule has 0 radical (unpaired) electrons. The van der Waals surface area contributed by atoms with Gasteiger partial charge in [-0.1, -0.05) is 0 Å². The normalized spacial score (nSPS) is 8.00. The van der Waals surface area contributed by atoms with Gasteiger partial charge in [0, 0.05) is 14.2 Å². The average molecular weight is 150 g/mol.